The number of amides is 1. The van der Waals surface area contributed by atoms with Crippen molar-refractivity contribution in [1.29, 1.82) is 0 Å². The van der Waals surface area contributed by atoms with Gasteiger partial charge in [0.2, 0.25) is 0 Å². The Morgan fingerprint density at radius 1 is 1.42 bits per heavy atom. The van der Waals surface area contributed by atoms with Crippen molar-refractivity contribution in [3.63, 3.8) is 0 Å². The van der Waals surface area contributed by atoms with Crippen molar-refractivity contribution in [1.82, 2.24) is 20.3 Å². The van der Waals surface area contributed by atoms with E-state index in [0.717, 1.165) is 0 Å². The van der Waals surface area contributed by atoms with Crippen molar-refractivity contribution in [2.45, 2.75) is 13.5 Å². The molecule has 1 aromatic carbocycles. The Morgan fingerprint density at radius 2 is 2.16 bits per heavy atom. The van der Waals surface area contributed by atoms with Crippen LogP contribution in [0, 0.1) is 0 Å². The summed E-state index contributed by atoms with van der Waals surface area (Å²) in [6.07, 6.45) is 0. The first-order chi connectivity index (χ1) is 9.17. The number of hydrogen-bond donors (Lipinski definition) is 2. The van der Waals surface area contributed by atoms with E-state index in [4.69, 9.17) is 11.6 Å². The minimum atomic E-state index is -0.371. The van der Waals surface area contributed by atoms with E-state index in [2.05, 4.69) is 15.5 Å². The Morgan fingerprint density at radius 3 is 2.79 bits per heavy atom. The lowest BCUT2D eigenvalue weighted by Crippen LogP contribution is -2.24. The molecule has 0 aliphatic carbocycles. The molecule has 6 nitrogen and oxygen atoms in total. The van der Waals surface area contributed by atoms with Gasteiger partial charge in [0, 0.05) is 6.54 Å². The third kappa shape index (κ3) is 2.74. The first-order valence-corrected chi connectivity index (χ1v) is 6.15. The maximum absolute atomic E-state index is 11.8. The van der Waals surface area contributed by atoms with E-state index in [1.54, 1.807) is 31.2 Å². The summed E-state index contributed by atoms with van der Waals surface area (Å²) in [6, 6.07) is 7.00. The topological polar surface area (TPSA) is 80.0 Å². The highest BCUT2D eigenvalue weighted by Crippen LogP contribution is 2.19. The maximum Gasteiger partial charge on any atom is 0.273 e. The molecule has 0 saturated carbocycles. The number of aliphatic hydroxyl groups is 1. The molecule has 100 valence electrons. The number of aromatic nitrogens is 3. The van der Waals surface area contributed by atoms with Gasteiger partial charge in [0.15, 0.2) is 5.69 Å². The molecule has 0 aliphatic heterocycles. The number of nitrogens with one attached hydrogen (secondary N) is 1. The molecule has 1 aromatic heterocycles. The third-order valence-corrected chi connectivity index (χ3v) is 2.77. The van der Waals surface area contributed by atoms with E-state index < -0.39 is 0 Å². The number of nitrogens with zero attached hydrogens (tertiary/aromatic N) is 3. The van der Waals surface area contributed by atoms with Crippen LogP contribution in [-0.2, 0) is 6.61 Å². The third-order valence-electron chi connectivity index (χ3n) is 2.45. The summed E-state index contributed by atoms with van der Waals surface area (Å²) >= 11 is 6.04. The maximum atomic E-state index is 11.8. The number of aliphatic hydroxyl groups excluding tert-OH is 1. The number of halogens is 1. The second-order valence-corrected chi connectivity index (χ2v) is 4.16. The van der Waals surface area contributed by atoms with Crippen molar-refractivity contribution in [3.8, 4) is 5.69 Å². The van der Waals surface area contributed by atoms with E-state index >= 15 is 0 Å². The lowest BCUT2D eigenvalue weighted by Gasteiger charge is -2.01. The standard InChI is InChI=1S/C12H13ClN4O2/c1-2-14-12(19)11-9(7-18)15-17(16-11)10-6-4-3-5-8(10)13/h3-6,18H,2,7H2,1H3,(H,14,19). The van der Waals surface area contributed by atoms with Crippen LogP contribution in [0.15, 0.2) is 24.3 Å². The average Bonchev–Trinajstić information content (AvgIpc) is 2.83. The van der Waals surface area contributed by atoms with Crippen molar-refractivity contribution in [3.05, 3.63) is 40.7 Å². The van der Waals surface area contributed by atoms with Gasteiger partial charge >= 0.3 is 0 Å². The fraction of sp³-hybridized carbons (Fsp3) is 0.250. The van der Waals surface area contributed by atoms with Gasteiger partial charge in [-0.05, 0) is 19.1 Å². The predicted octanol–water partition coefficient (Wildman–Crippen LogP) is 1.16. The van der Waals surface area contributed by atoms with Crippen molar-refractivity contribution in [2.75, 3.05) is 6.54 Å². The summed E-state index contributed by atoms with van der Waals surface area (Å²) in [7, 11) is 0. The van der Waals surface area contributed by atoms with Crippen LogP contribution in [0.5, 0.6) is 0 Å². The van der Waals surface area contributed by atoms with Gasteiger partial charge in [0.05, 0.1) is 11.6 Å². The molecular formula is C12H13ClN4O2. The number of rotatable bonds is 4. The first kappa shape index (κ1) is 13.5. The van der Waals surface area contributed by atoms with Gasteiger partial charge in [0.25, 0.3) is 5.91 Å². The summed E-state index contributed by atoms with van der Waals surface area (Å²) in [6.45, 7) is 1.91. The fourth-order valence-corrected chi connectivity index (χ4v) is 1.80. The van der Waals surface area contributed by atoms with Crippen LogP contribution in [-0.4, -0.2) is 32.6 Å². The van der Waals surface area contributed by atoms with Crippen molar-refractivity contribution >= 4 is 17.5 Å². The van der Waals surface area contributed by atoms with E-state index in [1.165, 1.54) is 4.80 Å². The largest absolute Gasteiger partial charge is 0.390 e. The van der Waals surface area contributed by atoms with E-state index in [-0.39, 0.29) is 23.9 Å². The van der Waals surface area contributed by atoms with Gasteiger partial charge in [0.1, 0.15) is 11.4 Å². The summed E-state index contributed by atoms with van der Waals surface area (Å²) in [4.78, 5) is 13.0. The average molecular weight is 281 g/mol. The molecule has 0 bridgehead atoms. The normalized spacial score (nSPS) is 10.5. The van der Waals surface area contributed by atoms with Gasteiger partial charge in [-0.3, -0.25) is 4.79 Å². The number of carbonyl (C=O) groups is 1. The summed E-state index contributed by atoms with van der Waals surface area (Å²) in [5, 5.41) is 20.5. The smallest absolute Gasteiger partial charge is 0.273 e. The molecule has 19 heavy (non-hydrogen) atoms. The number of benzene rings is 1. The number of para-hydroxylation sites is 1. The van der Waals surface area contributed by atoms with Gasteiger partial charge in [-0.1, -0.05) is 23.7 Å². The summed E-state index contributed by atoms with van der Waals surface area (Å²) in [5.41, 5.74) is 0.865. The number of carbonyl (C=O) groups excluding carboxylic acids is 1. The molecule has 2 aromatic rings. The van der Waals surface area contributed by atoms with Crippen LogP contribution in [0.2, 0.25) is 5.02 Å². The molecule has 0 fully saturated rings. The van der Waals surface area contributed by atoms with Gasteiger partial charge in [-0.15, -0.1) is 15.0 Å². The Labute approximate surface area is 115 Å². The first-order valence-electron chi connectivity index (χ1n) is 5.77. The van der Waals surface area contributed by atoms with Crippen LogP contribution in [0.3, 0.4) is 0 Å². The molecule has 0 radical (unpaired) electrons. The minimum Gasteiger partial charge on any atom is -0.390 e. The molecule has 2 N–H and O–H groups in total. The molecule has 0 aliphatic rings. The zero-order chi connectivity index (χ0) is 13.8. The predicted molar refractivity (Wildman–Crippen MR) is 70.3 cm³/mol. The fourth-order valence-electron chi connectivity index (χ4n) is 1.59. The van der Waals surface area contributed by atoms with E-state index in [9.17, 15) is 9.90 Å². The lowest BCUT2D eigenvalue weighted by molar-refractivity contribution is 0.0947. The molecule has 0 spiro atoms. The summed E-state index contributed by atoms with van der Waals surface area (Å²) in [5.74, 6) is -0.371. The Balaban J connectivity index is 2.44. The molecule has 0 atom stereocenters. The van der Waals surface area contributed by atoms with Gasteiger partial charge in [-0.25, -0.2) is 0 Å². The van der Waals surface area contributed by atoms with E-state index in [0.29, 0.717) is 17.3 Å². The van der Waals surface area contributed by atoms with Crippen LogP contribution in [0.4, 0.5) is 0 Å². The van der Waals surface area contributed by atoms with Crippen LogP contribution >= 0.6 is 11.6 Å². The lowest BCUT2D eigenvalue weighted by atomic mass is 10.3. The molecular weight excluding hydrogens is 268 g/mol. The zero-order valence-electron chi connectivity index (χ0n) is 10.3. The monoisotopic (exact) mass is 280 g/mol. The Kier molecular flexibility index (Phi) is 4.13. The van der Waals surface area contributed by atoms with Gasteiger partial charge < -0.3 is 10.4 Å². The van der Waals surface area contributed by atoms with Crippen molar-refractivity contribution < 1.29 is 9.90 Å². The minimum absolute atomic E-state index is 0.101. The van der Waals surface area contributed by atoms with Crippen LogP contribution in [0.25, 0.3) is 5.69 Å². The highest BCUT2D eigenvalue weighted by atomic mass is 35.5. The molecule has 7 heteroatoms. The highest BCUT2D eigenvalue weighted by molar-refractivity contribution is 6.32. The van der Waals surface area contributed by atoms with E-state index in [1.807, 2.05) is 0 Å². The number of hydrogen-bond acceptors (Lipinski definition) is 4. The highest BCUT2D eigenvalue weighted by Gasteiger charge is 2.18. The SMILES string of the molecule is CCNC(=O)c1nn(-c2ccccc2Cl)nc1CO. The second kappa shape index (κ2) is 5.81. The second-order valence-electron chi connectivity index (χ2n) is 3.75. The zero-order valence-corrected chi connectivity index (χ0v) is 11.1. The van der Waals surface area contributed by atoms with Crippen molar-refractivity contribution in [2.24, 2.45) is 0 Å². The molecule has 1 heterocycles. The van der Waals surface area contributed by atoms with Crippen LogP contribution in [0.1, 0.15) is 23.1 Å². The quantitative estimate of drug-likeness (QED) is 0.881. The molecule has 0 unspecified atom stereocenters. The van der Waals surface area contributed by atoms with Gasteiger partial charge in [-0.2, -0.15) is 0 Å². The molecule has 1 amide bonds. The Hall–Kier alpha value is -1.92. The Bertz CT molecular complexity index is 597. The molecule has 2 rings (SSSR count). The van der Waals surface area contributed by atoms with Crippen LogP contribution < -0.4 is 5.32 Å². The molecule has 0 saturated heterocycles. The summed E-state index contributed by atoms with van der Waals surface area (Å²) < 4.78 is 0.